The predicted molar refractivity (Wildman–Crippen MR) is 84.7 cm³/mol. The van der Waals surface area contributed by atoms with E-state index in [2.05, 4.69) is 15.6 Å². The van der Waals surface area contributed by atoms with Gasteiger partial charge in [0.25, 0.3) is 5.91 Å². The molecular formula is C16H16ClN3O2. The normalized spacial score (nSPS) is 10.0. The van der Waals surface area contributed by atoms with Crippen LogP contribution >= 0.6 is 11.6 Å². The molecular weight excluding hydrogens is 302 g/mol. The average molecular weight is 318 g/mol. The predicted octanol–water partition coefficient (Wildman–Crippen LogP) is 1.82. The van der Waals surface area contributed by atoms with Crippen molar-refractivity contribution in [1.29, 1.82) is 0 Å². The number of hydrogen-bond acceptors (Lipinski definition) is 3. The first-order valence-electron chi connectivity index (χ1n) is 6.85. The van der Waals surface area contributed by atoms with Gasteiger partial charge in [-0.2, -0.15) is 0 Å². The lowest BCUT2D eigenvalue weighted by Crippen LogP contribution is -2.35. The first-order chi connectivity index (χ1) is 10.6. The van der Waals surface area contributed by atoms with Crippen molar-refractivity contribution in [2.24, 2.45) is 0 Å². The Morgan fingerprint density at radius 1 is 1.00 bits per heavy atom. The summed E-state index contributed by atoms with van der Waals surface area (Å²) in [7, 11) is 0. The maximum Gasteiger partial charge on any atom is 0.269 e. The third-order valence-corrected chi connectivity index (χ3v) is 3.16. The van der Waals surface area contributed by atoms with Crippen molar-refractivity contribution in [3.63, 3.8) is 0 Å². The summed E-state index contributed by atoms with van der Waals surface area (Å²) >= 11 is 5.78. The van der Waals surface area contributed by atoms with Crippen molar-refractivity contribution in [3.05, 3.63) is 64.9 Å². The molecule has 0 saturated carbocycles. The molecule has 114 valence electrons. The minimum atomic E-state index is -0.257. The second kappa shape index (κ2) is 8.14. The topological polar surface area (TPSA) is 71.1 Å². The maximum absolute atomic E-state index is 11.7. The summed E-state index contributed by atoms with van der Waals surface area (Å²) < 4.78 is 0. The number of aromatic nitrogens is 1. The molecule has 1 aromatic carbocycles. The highest BCUT2D eigenvalue weighted by atomic mass is 35.5. The first kappa shape index (κ1) is 16.0. The van der Waals surface area contributed by atoms with Crippen LogP contribution in [0.5, 0.6) is 0 Å². The van der Waals surface area contributed by atoms with Crippen molar-refractivity contribution in [1.82, 2.24) is 15.6 Å². The number of pyridine rings is 1. The highest BCUT2D eigenvalue weighted by molar-refractivity contribution is 6.30. The Morgan fingerprint density at radius 2 is 1.73 bits per heavy atom. The highest BCUT2D eigenvalue weighted by Crippen LogP contribution is 2.09. The molecule has 0 radical (unpaired) electrons. The fourth-order valence-corrected chi connectivity index (χ4v) is 1.94. The van der Waals surface area contributed by atoms with Gasteiger partial charge >= 0.3 is 0 Å². The number of rotatable bonds is 6. The van der Waals surface area contributed by atoms with E-state index in [-0.39, 0.29) is 18.2 Å². The molecule has 0 aliphatic heterocycles. The smallest absolute Gasteiger partial charge is 0.269 e. The number of benzene rings is 1. The average Bonchev–Trinajstić information content (AvgIpc) is 2.54. The van der Waals surface area contributed by atoms with Crippen molar-refractivity contribution in [2.45, 2.75) is 6.42 Å². The Bertz CT molecular complexity index is 630. The number of carbonyl (C=O) groups is 2. The van der Waals surface area contributed by atoms with E-state index in [0.29, 0.717) is 23.8 Å². The standard InChI is InChI=1S/C16H16ClN3O2/c17-13-6-4-12(5-7-13)11-15(21)19-9-10-20-16(22)14-3-1-2-8-18-14/h1-8H,9-11H2,(H,19,21)(H,20,22). The third kappa shape index (κ3) is 5.18. The Labute approximate surface area is 133 Å². The minimum absolute atomic E-state index is 0.102. The second-order valence-corrected chi connectivity index (χ2v) is 5.06. The zero-order valence-electron chi connectivity index (χ0n) is 11.9. The van der Waals surface area contributed by atoms with Gasteiger partial charge in [-0.1, -0.05) is 29.8 Å². The molecule has 2 amide bonds. The summed E-state index contributed by atoms with van der Waals surface area (Å²) in [4.78, 5) is 27.4. The van der Waals surface area contributed by atoms with E-state index in [1.807, 2.05) is 12.1 Å². The monoisotopic (exact) mass is 317 g/mol. The van der Waals surface area contributed by atoms with Crippen molar-refractivity contribution in [3.8, 4) is 0 Å². The molecule has 2 aromatic rings. The quantitative estimate of drug-likeness (QED) is 0.798. The van der Waals surface area contributed by atoms with Crippen LogP contribution in [0.25, 0.3) is 0 Å². The van der Waals surface area contributed by atoms with Crippen LogP contribution in [0.3, 0.4) is 0 Å². The summed E-state index contributed by atoms with van der Waals surface area (Å²) in [6, 6.07) is 12.2. The zero-order valence-corrected chi connectivity index (χ0v) is 12.6. The van der Waals surface area contributed by atoms with Gasteiger partial charge in [-0.3, -0.25) is 14.6 Å². The molecule has 2 N–H and O–H groups in total. The molecule has 0 atom stereocenters. The van der Waals surface area contributed by atoms with Gasteiger partial charge in [0.1, 0.15) is 5.69 Å². The van der Waals surface area contributed by atoms with Crippen LogP contribution in [-0.4, -0.2) is 29.9 Å². The van der Waals surface area contributed by atoms with Crippen LogP contribution in [0.2, 0.25) is 5.02 Å². The molecule has 2 rings (SSSR count). The SMILES string of the molecule is O=C(Cc1ccc(Cl)cc1)NCCNC(=O)c1ccccn1. The van der Waals surface area contributed by atoms with Gasteiger partial charge in [0.05, 0.1) is 6.42 Å². The van der Waals surface area contributed by atoms with E-state index in [4.69, 9.17) is 11.6 Å². The zero-order chi connectivity index (χ0) is 15.8. The number of carbonyl (C=O) groups excluding carboxylic acids is 2. The Balaban J connectivity index is 1.67. The lowest BCUT2D eigenvalue weighted by molar-refractivity contribution is -0.120. The van der Waals surface area contributed by atoms with Gasteiger partial charge in [0, 0.05) is 24.3 Å². The molecule has 0 fully saturated rings. The van der Waals surface area contributed by atoms with Gasteiger partial charge in [-0.25, -0.2) is 0 Å². The van der Waals surface area contributed by atoms with E-state index in [0.717, 1.165) is 5.56 Å². The van der Waals surface area contributed by atoms with Crippen LogP contribution in [0.4, 0.5) is 0 Å². The van der Waals surface area contributed by atoms with Crippen LogP contribution in [0.1, 0.15) is 16.1 Å². The summed E-state index contributed by atoms with van der Waals surface area (Å²) in [6.45, 7) is 0.715. The lowest BCUT2D eigenvalue weighted by Gasteiger charge is -2.07. The summed E-state index contributed by atoms with van der Waals surface area (Å²) in [5, 5.41) is 6.08. The minimum Gasteiger partial charge on any atom is -0.354 e. The van der Waals surface area contributed by atoms with Crippen LogP contribution in [0.15, 0.2) is 48.7 Å². The van der Waals surface area contributed by atoms with Crippen LogP contribution in [0, 0.1) is 0 Å². The summed E-state index contributed by atoms with van der Waals surface area (Å²) in [5.41, 5.74) is 1.24. The number of halogens is 1. The van der Waals surface area contributed by atoms with Crippen molar-refractivity contribution in [2.75, 3.05) is 13.1 Å². The largest absolute Gasteiger partial charge is 0.354 e. The van der Waals surface area contributed by atoms with Crippen LogP contribution < -0.4 is 10.6 Å². The van der Waals surface area contributed by atoms with Crippen molar-refractivity contribution >= 4 is 23.4 Å². The van der Waals surface area contributed by atoms with E-state index in [1.165, 1.54) is 0 Å². The lowest BCUT2D eigenvalue weighted by atomic mass is 10.1. The molecule has 1 aromatic heterocycles. The van der Waals surface area contributed by atoms with Gasteiger partial charge in [0.2, 0.25) is 5.91 Å². The molecule has 22 heavy (non-hydrogen) atoms. The third-order valence-electron chi connectivity index (χ3n) is 2.91. The van der Waals surface area contributed by atoms with Gasteiger partial charge in [-0.05, 0) is 29.8 Å². The Morgan fingerprint density at radius 3 is 2.41 bits per heavy atom. The molecule has 6 heteroatoms. The van der Waals surface area contributed by atoms with E-state index >= 15 is 0 Å². The molecule has 0 bridgehead atoms. The molecule has 1 heterocycles. The van der Waals surface area contributed by atoms with Gasteiger partial charge in [-0.15, -0.1) is 0 Å². The Hall–Kier alpha value is -2.40. The molecule has 0 spiro atoms. The van der Waals surface area contributed by atoms with E-state index < -0.39 is 0 Å². The fraction of sp³-hybridized carbons (Fsp3) is 0.188. The molecule has 0 saturated heterocycles. The first-order valence-corrected chi connectivity index (χ1v) is 7.23. The maximum atomic E-state index is 11.7. The number of nitrogens with zero attached hydrogens (tertiary/aromatic N) is 1. The van der Waals surface area contributed by atoms with E-state index in [1.54, 1.807) is 36.5 Å². The number of hydrogen-bond donors (Lipinski definition) is 2. The fourth-order valence-electron chi connectivity index (χ4n) is 1.82. The van der Waals surface area contributed by atoms with Gasteiger partial charge < -0.3 is 10.6 Å². The van der Waals surface area contributed by atoms with Gasteiger partial charge in [0.15, 0.2) is 0 Å². The van der Waals surface area contributed by atoms with Crippen LogP contribution in [-0.2, 0) is 11.2 Å². The molecule has 0 unspecified atom stereocenters. The van der Waals surface area contributed by atoms with E-state index in [9.17, 15) is 9.59 Å². The molecule has 0 aliphatic carbocycles. The number of amides is 2. The molecule has 0 aliphatic rings. The second-order valence-electron chi connectivity index (χ2n) is 4.62. The van der Waals surface area contributed by atoms with Crippen molar-refractivity contribution < 1.29 is 9.59 Å². The highest BCUT2D eigenvalue weighted by Gasteiger charge is 2.06. The summed E-state index contributed by atoms with van der Waals surface area (Å²) in [5.74, 6) is -0.359. The summed E-state index contributed by atoms with van der Waals surface area (Å²) in [6.07, 6.45) is 1.84. The number of nitrogens with one attached hydrogen (secondary N) is 2. The molecule has 5 nitrogen and oxygen atoms in total. The Kier molecular flexibility index (Phi) is 5.91.